The van der Waals surface area contributed by atoms with E-state index in [9.17, 15) is 9.18 Å². The molecule has 0 aliphatic carbocycles. The number of aryl methyl sites for hydroxylation is 1. The molecule has 2 saturated heterocycles. The summed E-state index contributed by atoms with van der Waals surface area (Å²) in [5, 5.41) is 0. The van der Waals surface area contributed by atoms with Crippen molar-refractivity contribution in [2.24, 2.45) is 5.41 Å². The van der Waals surface area contributed by atoms with Crippen molar-refractivity contribution in [2.75, 3.05) is 19.6 Å². The minimum Gasteiger partial charge on any atom is -0.345 e. The topological polar surface area (TPSA) is 52.2 Å². The first kappa shape index (κ1) is 17.2. The number of amides is 1. The van der Waals surface area contributed by atoms with Crippen LogP contribution in [-0.2, 0) is 17.9 Å². The molecule has 1 amide bonds. The van der Waals surface area contributed by atoms with E-state index >= 15 is 0 Å². The van der Waals surface area contributed by atoms with Crippen LogP contribution < -0.4 is 0 Å². The number of nitrogens with zero attached hydrogens (tertiary/aromatic N) is 3. The number of carbonyl (C=O) groups is 1. The van der Waals surface area contributed by atoms with Crippen LogP contribution in [0.5, 0.6) is 0 Å². The van der Waals surface area contributed by atoms with Crippen LogP contribution in [-0.4, -0.2) is 45.3 Å². The first-order valence-corrected chi connectivity index (χ1v) is 9.31. The molecule has 0 saturated carbocycles. The van der Waals surface area contributed by atoms with Crippen LogP contribution in [0.15, 0.2) is 30.5 Å². The van der Waals surface area contributed by atoms with Gasteiger partial charge in [-0.1, -0.05) is 18.2 Å². The van der Waals surface area contributed by atoms with Crippen LogP contribution in [0.2, 0.25) is 0 Å². The highest BCUT2D eigenvalue weighted by molar-refractivity contribution is 5.84. The van der Waals surface area contributed by atoms with Gasteiger partial charge < -0.3 is 9.88 Å². The fourth-order valence-corrected chi connectivity index (χ4v) is 4.37. The van der Waals surface area contributed by atoms with E-state index in [1.807, 2.05) is 24.1 Å². The predicted octanol–water partition coefficient (Wildman–Crippen LogP) is 2.87. The van der Waals surface area contributed by atoms with Crippen molar-refractivity contribution in [3.8, 4) is 0 Å². The van der Waals surface area contributed by atoms with Crippen LogP contribution in [0.1, 0.15) is 36.3 Å². The average Bonchev–Trinajstić information content (AvgIpc) is 3.21. The summed E-state index contributed by atoms with van der Waals surface area (Å²) in [6.07, 6.45) is 4.61. The second kappa shape index (κ2) is 6.83. The van der Waals surface area contributed by atoms with Crippen molar-refractivity contribution < 1.29 is 9.18 Å². The molecule has 5 nitrogen and oxygen atoms in total. The van der Waals surface area contributed by atoms with Crippen LogP contribution in [0.4, 0.5) is 4.39 Å². The maximum absolute atomic E-state index is 14.0. The molecule has 3 heterocycles. The quantitative estimate of drug-likeness (QED) is 0.916. The minimum absolute atomic E-state index is 0.185. The van der Waals surface area contributed by atoms with Crippen molar-refractivity contribution in [1.29, 1.82) is 0 Å². The third-order valence-electron chi connectivity index (χ3n) is 5.71. The Balaban J connectivity index is 1.45. The Bertz CT molecular complexity index is 805. The van der Waals surface area contributed by atoms with Gasteiger partial charge in [-0.05, 0) is 38.8 Å². The molecule has 1 aromatic carbocycles. The number of likely N-dealkylation sites (tertiary alicyclic amines) is 2. The van der Waals surface area contributed by atoms with E-state index in [-0.39, 0.29) is 17.1 Å². The lowest BCUT2D eigenvalue weighted by Gasteiger charge is -2.39. The number of piperidine rings is 1. The summed E-state index contributed by atoms with van der Waals surface area (Å²) in [6, 6.07) is 6.74. The fraction of sp³-hybridized carbons (Fsp3) is 0.500. The van der Waals surface area contributed by atoms with E-state index in [0.29, 0.717) is 18.7 Å². The molecule has 2 aliphatic heterocycles. The van der Waals surface area contributed by atoms with Gasteiger partial charge in [-0.25, -0.2) is 9.37 Å². The summed E-state index contributed by atoms with van der Waals surface area (Å²) in [6.45, 7) is 5.48. The van der Waals surface area contributed by atoms with E-state index in [2.05, 4.69) is 14.9 Å². The SMILES string of the molecule is Cc1cnc(CN2CCC3(CCCN(Cc4ccccc4F)C3=O)C2)[nH]1. The highest BCUT2D eigenvalue weighted by atomic mass is 19.1. The van der Waals surface area contributed by atoms with Gasteiger partial charge in [0, 0.05) is 37.1 Å². The molecule has 26 heavy (non-hydrogen) atoms. The molecule has 6 heteroatoms. The number of imidazole rings is 1. The highest BCUT2D eigenvalue weighted by Gasteiger charge is 2.48. The molecule has 2 aromatic rings. The smallest absolute Gasteiger partial charge is 0.230 e. The highest BCUT2D eigenvalue weighted by Crippen LogP contribution is 2.40. The van der Waals surface area contributed by atoms with Gasteiger partial charge in [0.2, 0.25) is 5.91 Å². The summed E-state index contributed by atoms with van der Waals surface area (Å²) < 4.78 is 14.0. The molecule has 1 atom stereocenters. The number of hydrogen-bond donors (Lipinski definition) is 1. The Morgan fingerprint density at radius 1 is 1.23 bits per heavy atom. The van der Waals surface area contributed by atoms with E-state index in [1.54, 1.807) is 12.1 Å². The van der Waals surface area contributed by atoms with Gasteiger partial charge in [-0.3, -0.25) is 9.69 Å². The predicted molar refractivity (Wildman–Crippen MR) is 96.7 cm³/mol. The Labute approximate surface area is 153 Å². The Morgan fingerprint density at radius 2 is 2.08 bits per heavy atom. The van der Waals surface area contributed by atoms with E-state index in [1.165, 1.54) is 6.07 Å². The molecule has 1 N–H and O–H groups in total. The van der Waals surface area contributed by atoms with Crippen LogP contribution in [0.3, 0.4) is 0 Å². The molecule has 2 fully saturated rings. The number of hydrogen-bond acceptors (Lipinski definition) is 3. The summed E-state index contributed by atoms with van der Waals surface area (Å²) in [5.74, 6) is 0.900. The number of aromatic amines is 1. The van der Waals surface area contributed by atoms with Crippen LogP contribution >= 0.6 is 0 Å². The average molecular weight is 356 g/mol. The van der Waals surface area contributed by atoms with Crippen molar-refractivity contribution in [2.45, 2.75) is 39.3 Å². The molecule has 2 aliphatic rings. The molecular weight excluding hydrogens is 331 g/mol. The van der Waals surface area contributed by atoms with Gasteiger partial charge in [0.1, 0.15) is 11.6 Å². The zero-order valence-electron chi connectivity index (χ0n) is 15.2. The molecule has 4 rings (SSSR count). The number of H-pyrrole nitrogens is 1. The van der Waals surface area contributed by atoms with Gasteiger partial charge in [-0.2, -0.15) is 0 Å². The summed E-state index contributed by atoms with van der Waals surface area (Å²) in [5.41, 5.74) is 1.34. The third-order valence-corrected chi connectivity index (χ3v) is 5.71. The molecule has 1 unspecified atom stereocenters. The van der Waals surface area contributed by atoms with E-state index in [0.717, 1.165) is 50.4 Å². The second-order valence-electron chi connectivity index (χ2n) is 7.68. The molecule has 0 radical (unpaired) electrons. The third kappa shape index (κ3) is 3.26. The monoisotopic (exact) mass is 356 g/mol. The van der Waals surface area contributed by atoms with Crippen LogP contribution in [0, 0.1) is 18.2 Å². The number of carbonyl (C=O) groups excluding carboxylic acids is 1. The Hall–Kier alpha value is -2.21. The number of nitrogens with one attached hydrogen (secondary N) is 1. The van der Waals surface area contributed by atoms with Crippen molar-refractivity contribution >= 4 is 5.91 Å². The summed E-state index contributed by atoms with van der Waals surface area (Å²) >= 11 is 0. The Kier molecular flexibility index (Phi) is 4.53. The first-order chi connectivity index (χ1) is 12.6. The number of rotatable bonds is 4. The fourth-order valence-electron chi connectivity index (χ4n) is 4.37. The van der Waals surface area contributed by atoms with Crippen molar-refractivity contribution in [3.05, 3.63) is 53.4 Å². The molecule has 1 aromatic heterocycles. The maximum atomic E-state index is 14.0. The Morgan fingerprint density at radius 3 is 2.85 bits per heavy atom. The molecule has 0 bridgehead atoms. The minimum atomic E-state index is -0.314. The molecule has 1 spiro atoms. The zero-order chi connectivity index (χ0) is 18.1. The van der Waals surface area contributed by atoms with Crippen molar-refractivity contribution in [3.63, 3.8) is 0 Å². The zero-order valence-corrected chi connectivity index (χ0v) is 15.2. The number of aromatic nitrogens is 2. The number of halogens is 1. The van der Waals surface area contributed by atoms with Crippen molar-refractivity contribution in [1.82, 2.24) is 19.8 Å². The molecule has 138 valence electrons. The van der Waals surface area contributed by atoms with Gasteiger partial charge in [0.25, 0.3) is 0 Å². The van der Waals surface area contributed by atoms with Gasteiger partial charge >= 0.3 is 0 Å². The van der Waals surface area contributed by atoms with Crippen LogP contribution in [0.25, 0.3) is 0 Å². The van der Waals surface area contributed by atoms with E-state index < -0.39 is 0 Å². The second-order valence-corrected chi connectivity index (χ2v) is 7.68. The largest absolute Gasteiger partial charge is 0.345 e. The van der Waals surface area contributed by atoms with Gasteiger partial charge in [0.15, 0.2) is 0 Å². The van der Waals surface area contributed by atoms with Gasteiger partial charge in [-0.15, -0.1) is 0 Å². The lowest BCUT2D eigenvalue weighted by atomic mass is 9.78. The lowest BCUT2D eigenvalue weighted by molar-refractivity contribution is -0.146. The standard InChI is InChI=1S/C20H25FN4O/c1-15-11-22-18(23-15)13-24-10-8-20(14-24)7-4-9-25(19(20)26)12-16-5-2-3-6-17(16)21/h2-3,5-6,11H,4,7-10,12-14H2,1H3,(H,22,23). The number of benzene rings is 1. The van der Waals surface area contributed by atoms with E-state index in [4.69, 9.17) is 0 Å². The normalized spacial score (nSPS) is 23.9. The maximum Gasteiger partial charge on any atom is 0.230 e. The first-order valence-electron chi connectivity index (χ1n) is 9.31. The summed E-state index contributed by atoms with van der Waals surface area (Å²) in [7, 11) is 0. The summed E-state index contributed by atoms with van der Waals surface area (Å²) in [4.78, 5) is 25.0. The van der Waals surface area contributed by atoms with Gasteiger partial charge in [0.05, 0.1) is 12.0 Å². The molecular formula is C20H25FN4O. The lowest BCUT2D eigenvalue weighted by Crippen LogP contribution is -2.49.